The van der Waals surface area contributed by atoms with Gasteiger partial charge in [0.25, 0.3) is 0 Å². The number of aliphatic imine (C=N–C) groups is 1. The Morgan fingerprint density at radius 2 is 1.86 bits per heavy atom. The third-order valence-corrected chi connectivity index (χ3v) is 3.47. The molecule has 2 aromatic rings. The first-order valence-corrected chi connectivity index (χ1v) is 5.58. The summed E-state index contributed by atoms with van der Waals surface area (Å²) in [5, 5.41) is 2.50. The van der Waals surface area contributed by atoms with E-state index in [1.165, 1.54) is 15.7 Å². The molecule has 0 spiro atoms. The van der Waals surface area contributed by atoms with Crippen molar-refractivity contribution in [2.75, 3.05) is 0 Å². The normalized spacial score (nSPS) is 14.2. The van der Waals surface area contributed by atoms with Crippen LogP contribution in [0.25, 0.3) is 10.8 Å². The molecule has 1 nitrogen and oxygen atoms in total. The second-order valence-corrected chi connectivity index (χ2v) is 4.88. The highest BCUT2D eigenvalue weighted by Gasteiger charge is 2.12. The fourth-order valence-corrected chi connectivity index (χ4v) is 2.90. The van der Waals surface area contributed by atoms with Crippen LogP contribution in [-0.2, 0) is 0 Å². The Morgan fingerprint density at radius 3 is 2.71 bits per heavy atom. The molecule has 0 unspecified atom stereocenters. The van der Waals surface area contributed by atoms with Crippen LogP contribution in [0.4, 0.5) is 5.69 Å². The van der Waals surface area contributed by atoms with Gasteiger partial charge in [-0.2, -0.15) is 0 Å². The van der Waals surface area contributed by atoms with E-state index in [0.717, 1.165) is 10.1 Å². The fraction of sp³-hybridized carbons (Fsp3) is 0. The molecule has 1 aliphatic rings. The van der Waals surface area contributed by atoms with E-state index < -0.39 is 0 Å². The average molecular weight is 217 g/mol. The molecule has 2 aromatic carbocycles. The van der Waals surface area contributed by atoms with Gasteiger partial charge in [0.15, 0.2) is 0 Å². The first-order valence-electron chi connectivity index (χ1n) is 4.32. The van der Waals surface area contributed by atoms with E-state index in [1.54, 1.807) is 11.8 Å². The minimum Gasteiger partial charge on any atom is -0.234 e. The molecule has 1 aliphatic heterocycles. The highest BCUT2D eigenvalue weighted by atomic mass is 32.2. The van der Waals surface area contributed by atoms with Gasteiger partial charge in [-0.05, 0) is 17.5 Å². The van der Waals surface area contributed by atoms with Crippen LogP contribution >= 0.6 is 24.4 Å². The minimum atomic E-state index is 0.816. The van der Waals surface area contributed by atoms with Gasteiger partial charge < -0.3 is 0 Å². The monoisotopic (exact) mass is 217 g/mol. The number of hydrogen-bond acceptors (Lipinski definition) is 2. The average Bonchev–Trinajstić information content (AvgIpc) is 2.18. The standard InChI is InChI=1S/C11H7NS2/c13-11-12-8-5-1-3-7-4-2-6-9(14-11)10(7)8/h1-6H,(H,12,13). The second kappa shape index (κ2) is 3.04. The van der Waals surface area contributed by atoms with Crippen molar-refractivity contribution in [1.29, 1.82) is 0 Å². The first kappa shape index (κ1) is 8.38. The van der Waals surface area contributed by atoms with Crippen LogP contribution in [0.2, 0.25) is 0 Å². The third kappa shape index (κ3) is 1.16. The van der Waals surface area contributed by atoms with Gasteiger partial charge in [0.1, 0.15) is 4.38 Å². The Morgan fingerprint density at radius 1 is 1.07 bits per heavy atom. The van der Waals surface area contributed by atoms with Crippen LogP contribution < -0.4 is 0 Å². The van der Waals surface area contributed by atoms with E-state index >= 15 is 0 Å². The van der Waals surface area contributed by atoms with Crippen molar-refractivity contribution < 1.29 is 0 Å². The molecular formula is C11H7NS2. The largest absolute Gasteiger partial charge is 0.234 e. The topological polar surface area (TPSA) is 12.4 Å². The summed E-state index contributed by atoms with van der Waals surface area (Å²) in [4.78, 5) is 5.66. The predicted octanol–water partition coefficient (Wildman–Crippen LogP) is 3.86. The molecule has 0 bridgehead atoms. The van der Waals surface area contributed by atoms with Crippen molar-refractivity contribution in [3.63, 3.8) is 0 Å². The molecule has 68 valence electrons. The predicted molar refractivity (Wildman–Crippen MR) is 65.9 cm³/mol. The maximum Gasteiger partial charge on any atom is 0.132 e. The zero-order valence-electron chi connectivity index (χ0n) is 7.27. The highest BCUT2D eigenvalue weighted by molar-refractivity contribution is 8.32. The SMILES string of the molecule is SC1=Nc2cccc3cccc(c23)S1. The number of rotatable bonds is 0. The van der Waals surface area contributed by atoms with Gasteiger partial charge in [0.05, 0.1) is 5.69 Å². The number of thiol groups is 1. The lowest BCUT2D eigenvalue weighted by Gasteiger charge is -2.12. The summed E-state index contributed by atoms with van der Waals surface area (Å²) in [5.74, 6) is 0. The van der Waals surface area contributed by atoms with E-state index in [-0.39, 0.29) is 0 Å². The van der Waals surface area contributed by atoms with Gasteiger partial charge >= 0.3 is 0 Å². The summed E-state index contributed by atoms with van der Waals surface area (Å²) in [6.07, 6.45) is 0. The molecule has 0 radical (unpaired) electrons. The lowest BCUT2D eigenvalue weighted by Crippen LogP contribution is -1.88. The van der Waals surface area contributed by atoms with Crippen LogP contribution in [0.3, 0.4) is 0 Å². The van der Waals surface area contributed by atoms with Crippen LogP contribution in [-0.4, -0.2) is 4.38 Å². The number of hydrogen-bond donors (Lipinski definition) is 1. The van der Waals surface area contributed by atoms with Gasteiger partial charge in [-0.25, -0.2) is 4.99 Å². The fourth-order valence-electron chi connectivity index (χ4n) is 1.69. The Bertz CT molecular complexity index is 541. The summed E-state index contributed by atoms with van der Waals surface area (Å²) < 4.78 is 0.816. The van der Waals surface area contributed by atoms with E-state index in [1.807, 2.05) is 12.1 Å². The van der Waals surface area contributed by atoms with E-state index in [2.05, 4.69) is 41.9 Å². The van der Waals surface area contributed by atoms with Gasteiger partial charge in [-0.1, -0.05) is 36.0 Å². The summed E-state index contributed by atoms with van der Waals surface area (Å²) >= 11 is 5.92. The number of nitrogens with zero attached hydrogens (tertiary/aromatic N) is 1. The molecule has 0 atom stereocenters. The van der Waals surface area contributed by atoms with Crippen molar-refractivity contribution in [1.82, 2.24) is 0 Å². The molecule has 0 N–H and O–H groups in total. The Labute approximate surface area is 91.6 Å². The van der Waals surface area contributed by atoms with Crippen molar-refractivity contribution in [3.8, 4) is 0 Å². The lowest BCUT2D eigenvalue weighted by atomic mass is 10.1. The van der Waals surface area contributed by atoms with Gasteiger partial charge in [0.2, 0.25) is 0 Å². The molecule has 0 aliphatic carbocycles. The summed E-state index contributed by atoms with van der Waals surface area (Å²) in [7, 11) is 0. The van der Waals surface area contributed by atoms with Crippen molar-refractivity contribution in [2.24, 2.45) is 4.99 Å². The first-order chi connectivity index (χ1) is 6.84. The number of thioether (sulfide) groups is 1. The zero-order chi connectivity index (χ0) is 9.54. The molecular weight excluding hydrogens is 210 g/mol. The van der Waals surface area contributed by atoms with Gasteiger partial charge in [-0.3, -0.25) is 0 Å². The molecule has 0 amide bonds. The van der Waals surface area contributed by atoms with Crippen LogP contribution in [0.15, 0.2) is 46.3 Å². The third-order valence-electron chi connectivity index (χ3n) is 2.26. The highest BCUT2D eigenvalue weighted by Crippen LogP contribution is 2.40. The lowest BCUT2D eigenvalue weighted by molar-refractivity contribution is 1.49. The van der Waals surface area contributed by atoms with Crippen molar-refractivity contribution >= 4 is 45.2 Å². The van der Waals surface area contributed by atoms with Gasteiger partial charge in [0, 0.05) is 10.3 Å². The minimum absolute atomic E-state index is 0.816. The summed E-state index contributed by atoms with van der Waals surface area (Å²) in [6, 6.07) is 12.5. The molecule has 14 heavy (non-hydrogen) atoms. The summed E-state index contributed by atoms with van der Waals surface area (Å²) in [6.45, 7) is 0. The van der Waals surface area contributed by atoms with E-state index in [0.29, 0.717) is 0 Å². The maximum absolute atomic E-state index is 4.41. The zero-order valence-corrected chi connectivity index (χ0v) is 8.98. The van der Waals surface area contributed by atoms with E-state index in [4.69, 9.17) is 0 Å². The quantitative estimate of drug-likeness (QED) is 0.661. The molecule has 0 aromatic heterocycles. The molecule has 0 saturated carbocycles. The number of benzene rings is 2. The van der Waals surface area contributed by atoms with Crippen LogP contribution in [0.5, 0.6) is 0 Å². The molecule has 1 heterocycles. The second-order valence-electron chi connectivity index (χ2n) is 3.13. The van der Waals surface area contributed by atoms with Crippen LogP contribution in [0.1, 0.15) is 0 Å². The smallest absolute Gasteiger partial charge is 0.132 e. The maximum atomic E-state index is 4.41. The Kier molecular flexibility index (Phi) is 1.82. The van der Waals surface area contributed by atoms with Crippen molar-refractivity contribution in [3.05, 3.63) is 36.4 Å². The molecule has 0 saturated heterocycles. The van der Waals surface area contributed by atoms with Gasteiger partial charge in [-0.15, -0.1) is 12.6 Å². The molecule has 3 rings (SSSR count). The molecule has 3 heteroatoms. The molecule has 0 fully saturated rings. The Hall–Kier alpha value is -0.930. The van der Waals surface area contributed by atoms with E-state index in [9.17, 15) is 0 Å². The summed E-state index contributed by atoms with van der Waals surface area (Å²) in [5.41, 5.74) is 1.03. The van der Waals surface area contributed by atoms with Crippen LogP contribution in [0, 0.1) is 0 Å². The van der Waals surface area contributed by atoms with Crippen molar-refractivity contribution in [2.45, 2.75) is 4.90 Å². The Balaban J connectivity index is 2.50.